The highest BCUT2D eigenvalue weighted by Gasteiger charge is 2.29. The van der Waals surface area contributed by atoms with E-state index in [0.29, 0.717) is 23.0 Å². The molecule has 8 nitrogen and oxygen atoms in total. The number of fused-ring (bicyclic) bond motifs is 1. The number of nitrogens with one attached hydrogen (secondary N) is 1. The largest absolute Gasteiger partial charge is 0.490 e. The molecule has 8 heteroatoms. The molecule has 1 unspecified atom stereocenters. The van der Waals surface area contributed by atoms with E-state index < -0.39 is 0 Å². The number of carbonyl (C=O) groups is 1. The molecule has 2 atom stereocenters. The quantitative estimate of drug-likeness (QED) is 0.188. The van der Waals surface area contributed by atoms with Crippen LogP contribution in [0.15, 0.2) is 64.5 Å². The number of hydrogen-bond donors (Lipinski definition) is 1. The molecule has 0 spiro atoms. The second kappa shape index (κ2) is 19.4. The molecule has 0 aliphatic heterocycles. The lowest BCUT2D eigenvalue weighted by Gasteiger charge is -2.31. The summed E-state index contributed by atoms with van der Waals surface area (Å²) in [5.41, 5.74) is 2.96. The third-order valence-electron chi connectivity index (χ3n) is 6.28. The van der Waals surface area contributed by atoms with Gasteiger partial charge in [0.25, 0.3) is 5.89 Å². The van der Waals surface area contributed by atoms with Crippen LogP contribution in [-0.4, -0.2) is 41.9 Å². The number of allylic oxidation sites excluding steroid dienone is 8. The Bertz CT molecular complexity index is 1180. The first-order valence-electron chi connectivity index (χ1n) is 14.7. The van der Waals surface area contributed by atoms with E-state index in [9.17, 15) is 10.1 Å². The van der Waals surface area contributed by atoms with E-state index in [1.165, 1.54) is 12.7 Å². The van der Waals surface area contributed by atoms with Crippen molar-refractivity contribution in [1.82, 2.24) is 15.5 Å². The van der Waals surface area contributed by atoms with Crippen molar-refractivity contribution < 1.29 is 18.8 Å². The molecule has 41 heavy (non-hydrogen) atoms. The Hall–Kier alpha value is -3.70. The molecule has 0 aromatic carbocycles. The Morgan fingerprint density at radius 1 is 1.24 bits per heavy atom. The number of ether oxygens (including phenoxy) is 2. The average Bonchev–Trinajstić information content (AvgIpc) is 3.35. The number of aromatic nitrogens is 2. The Morgan fingerprint density at radius 3 is 2.61 bits per heavy atom. The summed E-state index contributed by atoms with van der Waals surface area (Å²) < 4.78 is 16.3. The number of rotatable bonds is 9. The van der Waals surface area contributed by atoms with Crippen LogP contribution < -0.4 is 5.32 Å². The molecule has 0 bridgehead atoms. The summed E-state index contributed by atoms with van der Waals surface area (Å²) in [5.74, 6) is 0.950. The first-order chi connectivity index (χ1) is 19.9. The van der Waals surface area contributed by atoms with E-state index in [-0.39, 0.29) is 36.2 Å². The molecular weight excluding hydrogens is 516 g/mol. The third kappa shape index (κ3) is 10.7. The topological polar surface area (TPSA) is 110 Å². The normalized spacial score (nSPS) is 18.8. The third-order valence-corrected chi connectivity index (χ3v) is 6.28. The molecule has 1 amide bonds. The number of nitriles is 1. The first-order valence-corrected chi connectivity index (χ1v) is 14.7. The minimum Gasteiger partial charge on any atom is -0.490 e. The second-order valence-electron chi connectivity index (χ2n) is 9.34. The summed E-state index contributed by atoms with van der Waals surface area (Å²) in [7, 11) is 1.52. The van der Waals surface area contributed by atoms with Crippen LogP contribution in [-0.2, 0) is 14.3 Å². The van der Waals surface area contributed by atoms with E-state index >= 15 is 0 Å². The fourth-order valence-corrected chi connectivity index (χ4v) is 4.61. The molecular formula is C33H48N4O4. The van der Waals surface area contributed by atoms with Crippen molar-refractivity contribution in [1.29, 1.82) is 5.26 Å². The van der Waals surface area contributed by atoms with Gasteiger partial charge in [-0.3, -0.25) is 4.79 Å². The zero-order valence-electron chi connectivity index (χ0n) is 26.1. The fraction of sp³-hybridized carbons (Fsp3) is 0.515. The molecule has 224 valence electrons. The maximum Gasteiger partial charge on any atom is 0.257 e. The number of carbonyl (C=O) groups excluding carboxylic acids is 1. The molecule has 2 aliphatic rings. The van der Waals surface area contributed by atoms with Gasteiger partial charge >= 0.3 is 0 Å². The Labute approximate surface area is 246 Å². The number of methoxy groups -OCH3 is 1. The number of hydrogen-bond acceptors (Lipinski definition) is 7. The molecule has 3 rings (SSSR count). The first kappa shape index (κ1) is 35.3. The molecule has 2 aliphatic carbocycles. The zero-order chi connectivity index (χ0) is 30.8. The van der Waals surface area contributed by atoms with Crippen molar-refractivity contribution in [3.8, 4) is 6.07 Å². The summed E-state index contributed by atoms with van der Waals surface area (Å²) in [6, 6.07) is 2.09. The lowest BCUT2D eigenvalue weighted by molar-refractivity contribution is -0.125. The van der Waals surface area contributed by atoms with Gasteiger partial charge in [-0.25, -0.2) is 0 Å². The molecule has 0 radical (unpaired) electrons. The molecule has 1 saturated carbocycles. The van der Waals surface area contributed by atoms with Crippen LogP contribution >= 0.6 is 0 Å². The predicted octanol–water partition coefficient (Wildman–Crippen LogP) is 7.51. The molecule has 1 fully saturated rings. The highest BCUT2D eigenvalue weighted by molar-refractivity contribution is 5.79. The summed E-state index contributed by atoms with van der Waals surface area (Å²) in [4.78, 5) is 17.1. The highest BCUT2D eigenvalue weighted by Crippen LogP contribution is 2.36. The summed E-state index contributed by atoms with van der Waals surface area (Å²) in [5, 5.41) is 17.1. The fourth-order valence-electron chi connectivity index (χ4n) is 4.61. The molecule has 1 heterocycles. The minimum atomic E-state index is -0.123. The summed E-state index contributed by atoms with van der Waals surface area (Å²) in [6.45, 7) is 17.5. The smallest absolute Gasteiger partial charge is 0.257 e. The monoisotopic (exact) mass is 564 g/mol. The average molecular weight is 565 g/mol. The van der Waals surface area contributed by atoms with Gasteiger partial charge in [0.05, 0.1) is 11.7 Å². The van der Waals surface area contributed by atoms with Crippen molar-refractivity contribution in [3.05, 3.63) is 71.7 Å². The van der Waals surface area contributed by atoms with E-state index in [1.807, 2.05) is 66.7 Å². The van der Waals surface area contributed by atoms with Crippen LogP contribution in [0.2, 0.25) is 0 Å². The molecule has 1 N–H and O–H groups in total. The van der Waals surface area contributed by atoms with Crippen molar-refractivity contribution in [2.75, 3.05) is 13.7 Å². The number of amides is 1. The Morgan fingerprint density at radius 2 is 1.98 bits per heavy atom. The predicted molar refractivity (Wildman–Crippen MR) is 165 cm³/mol. The van der Waals surface area contributed by atoms with Crippen LogP contribution in [0.25, 0.3) is 11.1 Å². The van der Waals surface area contributed by atoms with Gasteiger partial charge < -0.3 is 19.3 Å². The van der Waals surface area contributed by atoms with Gasteiger partial charge in [-0.1, -0.05) is 88.2 Å². The van der Waals surface area contributed by atoms with Crippen molar-refractivity contribution in [2.24, 2.45) is 5.92 Å². The van der Waals surface area contributed by atoms with Crippen LogP contribution in [0.5, 0.6) is 0 Å². The van der Waals surface area contributed by atoms with Gasteiger partial charge in [0.15, 0.2) is 0 Å². The van der Waals surface area contributed by atoms with Gasteiger partial charge in [0.2, 0.25) is 11.7 Å². The Balaban J connectivity index is 0.00000201. The van der Waals surface area contributed by atoms with Gasteiger partial charge in [0.1, 0.15) is 18.4 Å². The van der Waals surface area contributed by atoms with Crippen LogP contribution in [0.1, 0.15) is 92.3 Å². The van der Waals surface area contributed by atoms with Crippen LogP contribution in [0.4, 0.5) is 0 Å². The molecule has 1 aromatic heterocycles. The highest BCUT2D eigenvalue weighted by atomic mass is 16.5. The minimum absolute atomic E-state index is 0.0100. The van der Waals surface area contributed by atoms with Crippen LogP contribution in [0.3, 0.4) is 0 Å². The number of nitrogens with zero attached hydrogens (tertiary/aromatic N) is 3. The van der Waals surface area contributed by atoms with Gasteiger partial charge in [-0.2, -0.15) is 10.2 Å². The van der Waals surface area contributed by atoms with Gasteiger partial charge in [0, 0.05) is 30.2 Å². The van der Waals surface area contributed by atoms with E-state index in [1.54, 1.807) is 12.2 Å². The van der Waals surface area contributed by atoms with Crippen molar-refractivity contribution in [3.63, 3.8) is 0 Å². The summed E-state index contributed by atoms with van der Waals surface area (Å²) >= 11 is 0. The maximum absolute atomic E-state index is 12.4. The summed E-state index contributed by atoms with van der Waals surface area (Å²) in [6.07, 6.45) is 16.4. The van der Waals surface area contributed by atoms with Gasteiger partial charge in [-0.15, -0.1) is 0 Å². The zero-order valence-corrected chi connectivity index (χ0v) is 26.1. The van der Waals surface area contributed by atoms with E-state index in [0.717, 1.165) is 37.7 Å². The van der Waals surface area contributed by atoms with E-state index in [4.69, 9.17) is 19.0 Å². The van der Waals surface area contributed by atoms with Crippen LogP contribution in [0, 0.1) is 17.2 Å². The van der Waals surface area contributed by atoms with Crippen molar-refractivity contribution >= 4 is 17.1 Å². The molecule has 0 saturated heterocycles. The van der Waals surface area contributed by atoms with Gasteiger partial charge in [-0.05, 0) is 46.1 Å². The SMILES string of the molecule is C=C(OC(C)C)/C(C#N)=C\C(=C/C)c1nc(C2=C3CCCCC[C@H](NC(=O)COC)C3C=CC=C2)no1.CC.CC. The lowest BCUT2D eigenvalue weighted by Crippen LogP contribution is -2.42. The second-order valence-corrected chi connectivity index (χ2v) is 9.34. The molecule has 1 aromatic rings. The van der Waals surface area contributed by atoms with E-state index in [2.05, 4.69) is 29.2 Å². The maximum atomic E-state index is 12.4. The lowest BCUT2D eigenvalue weighted by atomic mass is 9.80. The van der Waals surface area contributed by atoms with Crippen molar-refractivity contribution in [2.45, 2.75) is 92.7 Å². The Kier molecular flexibility index (Phi) is 16.7. The standard InChI is InChI=1S/C29H36N4O4.2C2H6/c1-6-21(16-22(17-30)20(4)36-19(2)3)29-32-28(33-37-29)25-14-11-10-13-24-23(25)12-8-7-9-15-26(24)31-27(34)18-35-5;2*1-2/h6,10-11,13-14,16,19,24,26H,4,7-9,12,15,18H2,1-3,5H3,(H,31,34);2*1-2H3/b21-6+,22-16-;;/t24?,26-;;/m0../s1.